The van der Waals surface area contributed by atoms with Gasteiger partial charge in [0.2, 0.25) is 5.91 Å². The predicted octanol–water partition coefficient (Wildman–Crippen LogP) is 3.10. The fourth-order valence-electron chi connectivity index (χ4n) is 3.06. The lowest BCUT2D eigenvalue weighted by atomic mass is 9.73. The van der Waals surface area contributed by atoms with Gasteiger partial charge in [0.1, 0.15) is 5.67 Å². The Morgan fingerprint density at radius 2 is 2.00 bits per heavy atom. The monoisotopic (exact) mass is 308 g/mol. The second-order valence-electron chi connectivity index (χ2n) is 5.65. The normalized spacial score (nSPS) is 23.3. The quantitative estimate of drug-likeness (QED) is 0.943. The maximum absolute atomic E-state index is 15.9. The molecule has 4 heteroatoms. The topological polar surface area (TPSA) is 56.0 Å². The van der Waals surface area contributed by atoms with E-state index < -0.39 is 17.5 Å². The van der Waals surface area contributed by atoms with Gasteiger partial charge in [-0.1, -0.05) is 48.6 Å². The summed E-state index contributed by atoms with van der Waals surface area (Å²) < 4.78 is 15.9. The van der Waals surface area contributed by atoms with Crippen molar-refractivity contribution in [2.75, 3.05) is 0 Å². The third-order valence-corrected chi connectivity index (χ3v) is 4.06. The zero-order valence-corrected chi connectivity index (χ0v) is 12.5. The van der Waals surface area contributed by atoms with Crippen LogP contribution in [0.1, 0.15) is 17.0 Å². The number of nitrogens with zero attached hydrogens (tertiary/aromatic N) is 1. The molecule has 1 amide bonds. The van der Waals surface area contributed by atoms with Crippen LogP contribution in [0, 0.1) is 0 Å². The zero-order chi connectivity index (χ0) is 16.3. The van der Waals surface area contributed by atoms with E-state index in [4.69, 9.17) is 5.73 Å². The van der Waals surface area contributed by atoms with Crippen LogP contribution in [0.5, 0.6) is 0 Å². The minimum atomic E-state index is -1.73. The summed E-state index contributed by atoms with van der Waals surface area (Å²) in [7, 11) is 0. The van der Waals surface area contributed by atoms with Crippen LogP contribution in [-0.4, -0.2) is 16.6 Å². The van der Waals surface area contributed by atoms with Crippen LogP contribution in [0.25, 0.3) is 0 Å². The molecule has 2 unspecified atom stereocenters. The SMILES string of the molecule is NC(=O)C1=CC=CC(F)(Cc2ccccc2)C1c1cccnc1. The van der Waals surface area contributed by atoms with Gasteiger partial charge in [0.25, 0.3) is 0 Å². The van der Waals surface area contributed by atoms with Gasteiger partial charge in [0.05, 0.1) is 5.92 Å². The molecule has 0 spiro atoms. The number of alkyl halides is 1. The number of halogens is 1. The van der Waals surface area contributed by atoms with Gasteiger partial charge in [0.15, 0.2) is 0 Å². The van der Waals surface area contributed by atoms with E-state index in [9.17, 15) is 4.79 Å². The summed E-state index contributed by atoms with van der Waals surface area (Å²) in [5, 5.41) is 0. The van der Waals surface area contributed by atoms with Gasteiger partial charge in [-0.3, -0.25) is 9.78 Å². The van der Waals surface area contributed by atoms with Crippen LogP contribution in [0.4, 0.5) is 4.39 Å². The summed E-state index contributed by atoms with van der Waals surface area (Å²) >= 11 is 0. The molecular formula is C19H17FN2O. The molecule has 2 N–H and O–H groups in total. The molecule has 2 aromatic rings. The van der Waals surface area contributed by atoms with Crippen molar-refractivity contribution in [3.8, 4) is 0 Å². The first-order valence-electron chi connectivity index (χ1n) is 7.42. The van der Waals surface area contributed by atoms with E-state index in [1.807, 2.05) is 30.3 Å². The maximum atomic E-state index is 15.9. The van der Waals surface area contributed by atoms with Gasteiger partial charge in [0, 0.05) is 24.4 Å². The second-order valence-corrected chi connectivity index (χ2v) is 5.65. The number of nitrogens with two attached hydrogens (primary N) is 1. The van der Waals surface area contributed by atoms with E-state index in [1.165, 1.54) is 6.08 Å². The molecule has 3 rings (SSSR count). The Bertz CT molecular complexity index is 755. The second kappa shape index (κ2) is 6.16. The molecule has 0 fully saturated rings. The summed E-state index contributed by atoms with van der Waals surface area (Å²) in [5.41, 5.74) is 5.51. The molecule has 0 bridgehead atoms. The van der Waals surface area contributed by atoms with Crippen LogP contribution < -0.4 is 5.73 Å². The molecular weight excluding hydrogens is 291 g/mol. The summed E-state index contributed by atoms with van der Waals surface area (Å²) in [5.74, 6) is -1.38. The molecule has 0 radical (unpaired) electrons. The van der Waals surface area contributed by atoms with E-state index in [0.29, 0.717) is 5.56 Å². The lowest BCUT2D eigenvalue weighted by Gasteiger charge is -2.34. The molecule has 2 atom stereocenters. The standard InChI is InChI=1S/C19H17FN2O/c20-19(12-14-6-2-1-3-7-14)10-4-9-16(18(21)23)17(19)15-8-5-11-22-13-15/h1-11,13,17H,12H2,(H2,21,23). The third kappa shape index (κ3) is 3.06. The number of amides is 1. The van der Waals surface area contributed by atoms with E-state index in [-0.39, 0.29) is 12.0 Å². The van der Waals surface area contributed by atoms with Crippen molar-refractivity contribution in [1.29, 1.82) is 0 Å². The van der Waals surface area contributed by atoms with Crippen LogP contribution in [0.3, 0.4) is 0 Å². The fraction of sp³-hybridized carbons (Fsp3) is 0.158. The predicted molar refractivity (Wildman–Crippen MR) is 87.4 cm³/mol. The highest BCUT2D eigenvalue weighted by Crippen LogP contribution is 2.43. The van der Waals surface area contributed by atoms with E-state index in [0.717, 1.165) is 5.56 Å². The summed E-state index contributed by atoms with van der Waals surface area (Å²) in [6, 6.07) is 12.9. The molecule has 116 valence electrons. The number of pyridine rings is 1. The highest BCUT2D eigenvalue weighted by molar-refractivity contribution is 5.94. The highest BCUT2D eigenvalue weighted by Gasteiger charge is 2.43. The molecule has 0 aliphatic heterocycles. The number of benzene rings is 1. The van der Waals surface area contributed by atoms with Gasteiger partial charge in [-0.2, -0.15) is 0 Å². The molecule has 1 aromatic heterocycles. The Balaban J connectivity index is 2.05. The first-order valence-corrected chi connectivity index (χ1v) is 7.42. The average Bonchev–Trinajstić information content (AvgIpc) is 2.56. The van der Waals surface area contributed by atoms with Gasteiger partial charge >= 0.3 is 0 Å². The summed E-state index contributed by atoms with van der Waals surface area (Å²) in [6.45, 7) is 0. The Morgan fingerprint density at radius 1 is 1.22 bits per heavy atom. The lowest BCUT2D eigenvalue weighted by molar-refractivity contribution is -0.115. The fourth-order valence-corrected chi connectivity index (χ4v) is 3.06. The van der Waals surface area contributed by atoms with Crippen LogP contribution in [-0.2, 0) is 11.2 Å². The summed E-state index contributed by atoms with van der Waals surface area (Å²) in [4.78, 5) is 15.9. The Kier molecular flexibility index (Phi) is 4.06. The van der Waals surface area contributed by atoms with Crippen molar-refractivity contribution in [2.24, 2.45) is 5.73 Å². The first-order chi connectivity index (χ1) is 11.1. The number of primary amides is 1. The molecule has 1 aliphatic rings. The van der Waals surface area contributed by atoms with Crippen molar-refractivity contribution in [1.82, 2.24) is 4.98 Å². The van der Waals surface area contributed by atoms with Crippen LogP contribution in [0.2, 0.25) is 0 Å². The smallest absolute Gasteiger partial charge is 0.245 e. The van der Waals surface area contributed by atoms with Crippen LogP contribution >= 0.6 is 0 Å². The van der Waals surface area contributed by atoms with E-state index in [2.05, 4.69) is 4.98 Å². The molecule has 3 nitrogen and oxygen atoms in total. The molecule has 1 aromatic carbocycles. The van der Waals surface area contributed by atoms with Crippen molar-refractivity contribution >= 4 is 5.91 Å². The molecule has 0 saturated heterocycles. The Labute approximate surface area is 134 Å². The Morgan fingerprint density at radius 3 is 2.65 bits per heavy atom. The largest absolute Gasteiger partial charge is 0.366 e. The van der Waals surface area contributed by atoms with Gasteiger partial charge in [-0.15, -0.1) is 0 Å². The number of hydrogen-bond donors (Lipinski definition) is 1. The minimum Gasteiger partial charge on any atom is -0.366 e. The number of carbonyl (C=O) groups excluding carboxylic acids is 1. The van der Waals surface area contributed by atoms with Crippen LogP contribution in [0.15, 0.2) is 78.7 Å². The Hall–Kier alpha value is -2.75. The number of carbonyl (C=O) groups is 1. The lowest BCUT2D eigenvalue weighted by Crippen LogP contribution is -2.38. The van der Waals surface area contributed by atoms with Crippen molar-refractivity contribution in [3.05, 3.63) is 89.8 Å². The number of allylic oxidation sites excluding steroid dienone is 3. The number of rotatable bonds is 4. The van der Waals surface area contributed by atoms with Gasteiger partial charge < -0.3 is 5.73 Å². The van der Waals surface area contributed by atoms with Gasteiger partial charge in [-0.05, 0) is 23.3 Å². The third-order valence-electron chi connectivity index (χ3n) is 4.06. The van der Waals surface area contributed by atoms with Crippen molar-refractivity contribution in [3.63, 3.8) is 0 Å². The van der Waals surface area contributed by atoms with Crippen molar-refractivity contribution in [2.45, 2.75) is 18.0 Å². The maximum Gasteiger partial charge on any atom is 0.245 e. The van der Waals surface area contributed by atoms with E-state index >= 15 is 4.39 Å². The van der Waals surface area contributed by atoms with E-state index in [1.54, 1.807) is 36.7 Å². The number of hydrogen-bond acceptors (Lipinski definition) is 2. The molecule has 1 heterocycles. The molecule has 1 aliphatic carbocycles. The number of aromatic nitrogens is 1. The van der Waals surface area contributed by atoms with Gasteiger partial charge in [-0.25, -0.2) is 4.39 Å². The first kappa shape index (κ1) is 15.2. The molecule has 0 saturated carbocycles. The summed E-state index contributed by atoms with van der Waals surface area (Å²) in [6.07, 6.45) is 8.02. The molecule has 23 heavy (non-hydrogen) atoms. The zero-order valence-electron chi connectivity index (χ0n) is 12.5. The average molecular weight is 308 g/mol. The highest BCUT2D eigenvalue weighted by atomic mass is 19.1. The van der Waals surface area contributed by atoms with Crippen molar-refractivity contribution < 1.29 is 9.18 Å². The minimum absolute atomic E-state index is 0.161.